The summed E-state index contributed by atoms with van der Waals surface area (Å²) in [5, 5.41) is 12.5. The second-order valence-electron chi connectivity index (χ2n) is 5.04. The van der Waals surface area contributed by atoms with Gasteiger partial charge in [-0.25, -0.2) is 4.79 Å². The number of amides is 2. The predicted octanol–water partition coefficient (Wildman–Crippen LogP) is 2.42. The third-order valence-corrected chi connectivity index (χ3v) is 4.37. The average Bonchev–Trinajstić information content (AvgIpc) is 2.61. The van der Waals surface area contributed by atoms with Gasteiger partial charge in [0.25, 0.3) is 5.91 Å². The fourth-order valence-corrected chi connectivity index (χ4v) is 2.83. The zero-order valence-electron chi connectivity index (χ0n) is 13.4. The molecule has 0 fully saturated rings. The van der Waals surface area contributed by atoms with Gasteiger partial charge >= 0.3 is 5.97 Å². The first-order chi connectivity index (χ1) is 12.4. The highest BCUT2D eigenvalue weighted by Gasteiger charge is 2.16. The summed E-state index contributed by atoms with van der Waals surface area (Å²) in [6.45, 7) is -0.556. The lowest BCUT2D eigenvalue weighted by atomic mass is 10.2. The number of benzene rings is 2. The number of para-hydroxylation sites is 1. The number of carbonyl (C=O) groups is 3. The summed E-state index contributed by atoms with van der Waals surface area (Å²) in [5.41, 5.74) is 5.44. The summed E-state index contributed by atoms with van der Waals surface area (Å²) in [7, 11) is 0. The van der Waals surface area contributed by atoms with Gasteiger partial charge in [-0.15, -0.1) is 11.8 Å². The van der Waals surface area contributed by atoms with Gasteiger partial charge in [-0.1, -0.05) is 23.7 Å². The quantitative estimate of drug-likeness (QED) is 0.490. The Kier molecular flexibility index (Phi) is 6.88. The third-order valence-electron chi connectivity index (χ3n) is 3.04. The number of esters is 1. The van der Waals surface area contributed by atoms with Gasteiger partial charge in [0.1, 0.15) is 11.3 Å². The summed E-state index contributed by atoms with van der Waals surface area (Å²) >= 11 is 6.94. The van der Waals surface area contributed by atoms with Gasteiger partial charge in [0, 0.05) is 9.92 Å². The van der Waals surface area contributed by atoms with Crippen LogP contribution in [0.2, 0.25) is 5.02 Å². The molecule has 0 aromatic heterocycles. The van der Waals surface area contributed by atoms with Crippen molar-refractivity contribution in [3.05, 3.63) is 53.1 Å². The second-order valence-corrected chi connectivity index (χ2v) is 6.49. The monoisotopic (exact) mass is 394 g/mol. The van der Waals surface area contributed by atoms with Crippen LogP contribution in [0.1, 0.15) is 10.4 Å². The van der Waals surface area contributed by atoms with E-state index in [-0.39, 0.29) is 22.1 Å². The molecule has 0 bridgehead atoms. The number of nitrogens with two attached hydrogens (primary N) is 1. The molecule has 9 heteroatoms. The fraction of sp³-hybridized carbons (Fsp3) is 0.118. The lowest BCUT2D eigenvalue weighted by Gasteiger charge is -2.11. The maximum Gasteiger partial charge on any atom is 0.342 e. The molecule has 26 heavy (non-hydrogen) atoms. The molecule has 0 spiro atoms. The number of hydrogen-bond acceptors (Lipinski definition) is 6. The van der Waals surface area contributed by atoms with E-state index < -0.39 is 24.4 Å². The first-order valence-corrected chi connectivity index (χ1v) is 8.69. The first kappa shape index (κ1) is 19.6. The Morgan fingerprint density at radius 2 is 1.92 bits per heavy atom. The van der Waals surface area contributed by atoms with Crippen molar-refractivity contribution >= 4 is 46.8 Å². The van der Waals surface area contributed by atoms with Crippen molar-refractivity contribution in [1.29, 1.82) is 0 Å². The first-order valence-electron chi connectivity index (χ1n) is 7.32. The Hall–Kier alpha value is -2.71. The fourth-order valence-electron chi connectivity index (χ4n) is 1.91. The highest BCUT2D eigenvalue weighted by atomic mass is 35.5. The molecule has 0 saturated carbocycles. The van der Waals surface area contributed by atoms with E-state index >= 15 is 0 Å². The van der Waals surface area contributed by atoms with E-state index in [0.29, 0.717) is 10.6 Å². The van der Waals surface area contributed by atoms with E-state index in [2.05, 4.69) is 5.32 Å². The van der Waals surface area contributed by atoms with Gasteiger partial charge in [-0.2, -0.15) is 0 Å². The van der Waals surface area contributed by atoms with Crippen LogP contribution in [0.5, 0.6) is 5.75 Å². The zero-order valence-corrected chi connectivity index (χ0v) is 15.0. The molecule has 2 rings (SSSR count). The van der Waals surface area contributed by atoms with Crippen molar-refractivity contribution in [2.75, 3.05) is 17.7 Å². The lowest BCUT2D eigenvalue weighted by molar-refractivity contribution is -0.119. The normalized spacial score (nSPS) is 10.2. The topological polar surface area (TPSA) is 119 Å². The Bertz CT molecular complexity index is 844. The zero-order chi connectivity index (χ0) is 19.1. The molecule has 4 N–H and O–H groups in total. The summed E-state index contributed by atoms with van der Waals surface area (Å²) < 4.78 is 4.89. The number of phenols is 1. The van der Waals surface area contributed by atoms with Crippen molar-refractivity contribution in [2.45, 2.75) is 4.90 Å². The van der Waals surface area contributed by atoms with Gasteiger partial charge < -0.3 is 20.9 Å². The van der Waals surface area contributed by atoms with Crippen molar-refractivity contribution in [1.82, 2.24) is 0 Å². The molecule has 2 aromatic rings. The Morgan fingerprint density at radius 1 is 1.19 bits per heavy atom. The minimum Gasteiger partial charge on any atom is -0.507 e. The molecule has 0 aliphatic heterocycles. The summed E-state index contributed by atoms with van der Waals surface area (Å²) in [5.74, 6) is -2.17. The second kappa shape index (κ2) is 9.12. The summed E-state index contributed by atoms with van der Waals surface area (Å²) in [4.78, 5) is 35.5. The number of phenolic OH excluding ortho intramolecular Hbond substituents is 1. The third kappa shape index (κ3) is 5.68. The molecule has 0 atom stereocenters. The maximum atomic E-state index is 12.0. The minimum atomic E-state index is -0.878. The number of halogens is 1. The van der Waals surface area contributed by atoms with E-state index in [9.17, 15) is 19.5 Å². The van der Waals surface area contributed by atoms with Crippen LogP contribution in [-0.4, -0.2) is 35.2 Å². The highest BCUT2D eigenvalue weighted by Crippen LogP contribution is 2.26. The molecule has 136 valence electrons. The largest absolute Gasteiger partial charge is 0.507 e. The van der Waals surface area contributed by atoms with E-state index in [1.165, 1.54) is 30.0 Å². The Labute approximate surface area is 158 Å². The van der Waals surface area contributed by atoms with Crippen LogP contribution in [0.3, 0.4) is 0 Å². The van der Waals surface area contributed by atoms with Crippen LogP contribution in [0.25, 0.3) is 0 Å². The van der Waals surface area contributed by atoms with Gasteiger partial charge in [0.05, 0.1) is 11.4 Å². The van der Waals surface area contributed by atoms with Gasteiger partial charge in [-0.05, 0) is 30.3 Å². The van der Waals surface area contributed by atoms with Crippen LogP contribution in [-0.2, 0) is 14.3 Å². The highest BCUT2D eigenvalue weighted by molar-refractivity contribution is 8.00. The van der Waals surface area contributed by atoms with Crippen LogP contribution in [0.4, 0.5) is 5.69 Å². The van der Waals surface area contributed by atoms with E-state index in [1.54, 1.807) is 24.3 Å². The number of primary amides is 1. The van der Waals surface area contributed by atoms with Crippen LogP contribution < -0.4 is 11.1 Å². The van der Waals surface area contributed by atoms with E-state index in [4.69, 9.17) is 22.1 Å². The summed E-state index contributed by atoms with van der Waals surface area (Å²) in [6.07, 6.45) is 0. The molecule has 7 nitrogen and oxygen atoms in total. The number of hydrogen-bond donors (Lipinski definition) is 3. The van der Waals surface area contributed by atoms with Crippen LogP contribution in [0, 0.1) is 0 Å². The molecule has 0 unspecified atom stereocenters. The van der Waals surface area contributed by atoms with Crippen LogP contribution >= 0.6 is 23.4 Å². The van der Waals surface area contributed by atoms with E-state index in [1.807, 2.05) is 0 Å². The van der Waals surface area contributed by atoms with Gasteiger partial charge in [-0.3, -0.25) is 9.59 Å². The SMILES string of the molecule is NC(=O)CSc1ccccc1NC(=O)COC(=O)c1cc(Cl)ccc1O. The Balaban J connectivity index is 1.96. The smallest absolute Gasteiger partial charge is 0.342 e. The van der Waals surface area contributed by atoms with Crippen molar-refractivity contribution in [2.24, 2.45) is 5.73 Å². The number of thioether (sulfide) groups is 1. The van der Waals surface area contributed by atoms with Crippen molar-refractivity contribution < 1.29 is 24.2 Å². The summed E-state index contributed by atoms with van der Waals surface area (Å²) in [6, 6.07) is 10.7. The van der Waals surface area contributed by atoms with Gasteiger partial charge in [0.2, 0.25) is 5.91 Å². The predicted molar refractivity (Wildman–Crippen MR) is 98.4 cm³/mol. The standard InChI is InChI=1S/C17H15ClN2O5S/c18-10-5-6-13(21)11(7-10)17(24)25-8-16(23)20-12-3-1-2-4-14(12)26-9-15(19)22/h1-7,21H,8-9H2,(H2,19,22)(H,20,23). The number of rotatable bonds is 7. The molecular weight excluding hydrogens is 380 g/mol. The minimum absolute atomic E-state index is 0.0654. The van der Waals surface area contributed by atoms with E-state index in [0.717, 1.165) is 0 Å². The molecule has 0 heterocycles. The molecule has 0 radical (unpaired) electrons. The van der Waals surface area contributed by atoms with Crippen molar-refractivity contribution in [3.63, 3.8) is 0 Å². The van der Waals surface area contributed by atoms with Crippen LogP contribution in [0.15, 0.2) is 47.4 Å². The number of ether oxygens (including phenoxy) is 1. The Morgan fingerprint density at radius 3 is 2.65 bits per heavy atom. The molecule has 2 aromatic carbocycles. The lowest BCUT2D eigenvalue weighted by Crippen LogP contribution is -2.21. The number of carbonyl (C=O) groups excluding carboxylic acids is 3. The average molecular weight is 395 g/mol. The molecule has 0 saturated heterocycles. The maximum absolute atomic E-state index is 12.0. The number of aromatic hydroxyl groups is 1. The molecule has 2 amide bonds. The molecule has 0 aliphatic rings. The number of anilines is 1. The van der Waals surface area contributed by atoms with Crippen molar-refractivity contribution in [3.8, 4) is 5.75 Å². The molecule has 0 aliphatic carbocycles. The van der Waals surface area contributed by atoms with Gasteiger partial charge in [0.15, 0.2) is 6.61 Å². The number of nitrogens with one attached hydrogen (secondary N) is 1. The molecular formula is C17H15ClN2O5S.